The highest BCUT2D eigenvalue weighted by atomic mass is 16.5. The predicted molar refractivity (Wildman–Crippen MR) is 59.3 cm³/mol. The van der Waals surface area contributed by atoms with Crippen molar-refractivity contribution in [1.29, 1.82) is 0 Å². The molecule has 0 saturated heterocycles. The number of aliphatic hydroxyl groups is 2. The van der Waals surface area contributed by atoms with Crippen molar-refractivity contribution in [1.82, 2.24) is 0 Å². The average Bonchev–Trinajstić information content (AvgIpc) is 2.26. The number of methoxy groups -OCH3 is 1. The van der Waals surface area contributed by atoms with Gasteiger partial charge in [-0.1, -0.05) is 6.07 Å². The van der Waals surface area contributed by atoms with E-state index in [1.54, 1.807) is 7.11 Å². The first kappa shape index (κ1) is 11.8. The second kappa shape index (κ2) is 5.58. The Morgan fingerprint density at radius 1 is 1.33 bits per heavy atom. The summed E-state index contributed by atoms with van der Waals surface area (Å²) in [5.41, 5.74) is 1.87. The van der Waals surface area contributed by atoms with E-state index in [0.29, 0.717) is 5.75 Å². The molecule has 0 aromatic heterocycles. The van der Waals surface area contributed by atoms with E-state index in [1.165, 1.54) is 0 Å². The summed E-state index contributed by atoms with van der Waals surface area (Å²) in [6.07, 6.45) is 0. The Hall–Kier alpha value is -1.26. The summed E-state index contributed by atoms with van der Waals surface area (Å²) in [5, 5.41) is 20.9. The Morgan fingerprint density at radius 3 is 2.53 bits per heavy atom. The molecule has 1 aromatic rings. The zero-order valence-electron chi connectivity index (χ0n) is 9.03. The summed E-state index contributed by atoms with van der Waals surface area (Å²) in [5.74, 6) is 0.701. The molecule has 0 amide bonds. The summed E-state index contributed by atoms with van der Waals surface area (Å²) < 4.78 is 5.16. The van der Waals surface area contributed by atoms with E-state index in [0.717, 1.165) is 11.3 Å². The first-order valence-electron chi connectivity index (χ1n) is 4.84. The van der Waals surface area contributed by atoms with Gasteiger partial charge in [-0.3, -0.25) is 0 Å². The van der Waals surface area contributed by atoms with Crippen LogP contribution < -0.4 is 10.1 Å². The molecule has 0 aliphatic heterocycles. The van der Waals surface area contributed by atoms with Crippen LogP contribution in [0.3, 0.4) is 0 Å². The third kappa shape index (κ3) is 3.11. The second-order valence-electron chi connectivity index (χ2n) is 3.41. The van der Waals surface area contributed by atoms with Gasteiger partial charge in [-0.2, -0.15) is 0 Å². The van der Waals surface area contributed by atoms with Crippen LogP contribution in [0.15, 0.2) is 18.2 Å². The molecule has 0 bridgehead atoms. The number of hydrogen-bond acceptors (Lipinski definition) is 4. The molecule has 0 saturated carbocycles. The molecule has 0 unspecified atom stereocenters. The van der Waals surface area contributed by atoms with Gasteiger partial charge in [0.25, 0.3) is 0 Å². The van der Waals surface area contributed by atoms with Crippen LogP contribution in [0.4, 0.5) is 5.69 Å². The van der Waals surface area contributed by atoms with Crippen molar-refractivity contribution in [2.45, 2.75) is 13.0 Å². The lowest BCUT2D eigenvalue weighted by Crippen LogP contribution is -2.27. The minimum atomic E-state index is -0.360. The van der Waals surface area contributed by atoms with Gasteiger partial charge in [0.05, 0.1) is 32.1 Å². The predicted octanol–water partition coefficient (Wildman–Crippen LogP) is 0.769. The summed E-state index contributed by atoms with van der Waals surface area (Å²) in [7, 11) is 1.59. The lowest BCUT2D eigenvalue weighted by atomic mass is 10.2. The van der Waals surface area contributed by atoms with E-state index in [9.17, 15) is 0 Å². The Bertz CT molecular complexity index is 311. The van der Waals surface area contributed by atoms with Crippen LogP contribution in [-0.4, -0.2) is 36.6 Å². The van der Waals surface area contributed by atoms with Crippen LogP contribution in [0.2, 0.25) is 0 Å². The van der Waals surface area contributed by atoms with Crippen molar-refractivity contribution < 1.29 is 14.9 Å². The summed E-state index contributed by atoms with van der Waals surface area (Å²) >= 11 is 0. The molecule has 0 fully saturated rings. The highest BCUT2D eigenvalue weighted by molar-refractivity contribution is 5.58. The van der Waals surface area contributed by atoms with Gasteiger partial charge < -0.3 is 20.3 Å². The Morgan fingerprint density at radius 2 is 2.00 bits per heavy atom. The molecular formula is C11H17NO3. The maximum Gasteiger partial charge on any atom is 0.141 e. The molecule has 15 heavy (non-hydrogen) atoms. The monoisotopic (exact) mass is 211 g/mol. The van der Waals surface area contributed by atoms with Gasteiger partial charge in [-0.15, -0.1) is 0 Å². The molecule has 0 spiro atoms. The van der Waals surface area contributed by atoms with E-state index in [-0.39, 0.29) is 19.3 Å². The molecule has 3 N–H and O–H groups in total. The molecule has 0 radical (unpaired) electrons. The zero-order valence-corrected chi connectivity index (χ0v) is 9.03. The number of aliphatic hydroxyl groups excluding tert-OH is 2. The fourth-order valence-electron chi connectivity index (χ4n) is 1.30. The van der Waals surface area contributed by atoms with Crippen LogP contribution in [-0.2, 0) is 0 Å². The lowest BCUT2D eigenvalue weighted by Gasteiger charge is -2.17. The molecule has 0 heterocycles. The molecule has 4 heteroatoms. The minimum absolute atomic E-state index is 0.117. The Kier molecular flexibility index (Phi) is 4.39. The van der Waals surface area contributed by atoms with E-state index < -0.39 is 0 Å². The minimum Gasteiger partial charge on any atom is -0.495 e. The van der Waals surface area contributed by atoms with Crippen LogP contribution in [0.25, 0.3) is 0 Å². The maximum absolute atomic E-state index is 8.96. The van der Waals surface area contributed by atoms with Gasteiger partial charge in [0.1, 0.15) is 5.75 Å². The largest absolute Gasteiger partial charge is 0.495 e. The van der Waals surface area contributed by atoms with Crippen molar-refractivity contribution in [3.8, 4) is 5.75 Å². The van der Waals surface area contributed by atoms with Crippen LogP contribution in [0.1, 0.15) is 5.56 Å². The number of ether oxygens (including phenoxy) is 1. The van der Waals surface area contributed by atoms with Gasteiger partial charge in [-0.25, -0.2) is 0 Å². The summed E-state index contributed by atoms with van der Waals surface area (Å²) in [6, 6.07) is 5.35. The summed E-state index contributed by atoms with van der Waals surface area (Å²) in [4.78, 5) is 0. The molecule has 1 aromatic carbocycles. The second-order valence-corrected chi connectivity index (χ2v) is 3.41. The maximum atomic E-state index is 8.96. The van der Waals surface area contributed by atoms with Gasteiger partial charge in [-0.05, 0) is 24.6 Å². The first-order valence-corrected chi connectivity index (χ1v) is 4.84. The third-order valence-electron chi connectivity index (χ3n) is 2.16. The molecule has 0 aliphatic carbocycles. The molecule has 0 atom stereocenters. The van der Waals surface area contributed by atoms with Gasteiger partial charge in [0.15, 0.2) is 0 Å². The third-order valence-corrected chi connectivity index (χ3v) is 2.16. The lowest BCUT2D eigenvalue weighted by molar-refractivity contribution is 0.203. The standard InChI is InChI=1S/C11H17NO3/c1-8-3-4-11(15-2)10(5-8)12-9(6-13)7-14/h3-5,9,12-14H,6-7H2,1-2H3. The number of benzene rings is 1. The van der Waals surface area contributed by atoms with Gasteiger partial charge in [0, 0.05) is 0 Å². The van der Waals surface area contributed by atoms with Crippen LogP contribution >= 0.6 is 0 Å². The SMILES string of the molecule is COc1ccc(C)cc1NC(CO)CO. The van der Waals surface area contributed by atoms with E-state index in [1.807, 2.05) is 25.1 Å². The smallest absolute Gasteiger partial charge is 0.141 e. The highest BCUT2D eigenvalue weighted by Gasteiger charge is 2.09. The first-order chi connectivity index (χ1) is 7.21. The normalized spacial score (nSPS) is 10.5. The van der Waals surface area contributed by atoms with Crippen molar-refractivity contribution >= 4 is 5.69 Å². The molecule has 0 aliphatic rings. The highest BCUT2D eigenvalue weighted by Crippen LogP contribution is 2.25. The number of aryl methyl sites for hydroxylation is 1. The summed E-state index contributed by atoms with van der Waals surface area (Å²) in [6.45, 7) is 1.73. The quantitative estimate of drug-likeness (QED) is 0.673. The average molecular weight is 211 g/mol. The fourth-order valence-corrected chi connectivity index (χ4v) is 1.30. The van der Waals surface area contributed by atoms with Crippen LogP contribution in [0.5, 0.6) is 5.75 Å². The van der Waals surface area contributed by atoms with Gasteiger partial charge in [0.2, 0.25) is 0 Å². The molecular weight excluding hydrogens is 194 g/mol. The van der Waals surface area contributed by atoms with E-state index in [4.69, 9.17) is 14.9 Å². The van der Waals surface area contributed by atoms with Crippen molar-refractivity contribution in [2.75, 3.05) is 25.6 Å². The van der Waals surface area contributed by atoms with Crippen molar-refractivity contribution in [3.05, 3.63) is 23.8 Å². The van der Waals surface area contributed by atoms with E-state index >= 15 is 0 Å². The fraction of sp³-hybridized carbons (Fsp3) is 0.455. The number of rotatable bonds is 5. The number of nitrogens with one attached hydrogen (secondary N) is 1. The Labute approximate surface area is 89.5 Å². The topological polar surface area (TPSA) is 61.7 Å². The zero-order chi connectivity index (χ0) is 11.3. The van der Waals surface area contributed by atoms with Gasteiger partial charge >= 0.3 is 0 Å². The molecule has 4 nitrogen and oxygen atoms in total. The molecule has 1 rings (SSSR count). The molecule has 84 valence electrons. The Balaban J connectivity index is 2.86. The van der Waals surface area contributed by atoms with Crippen LogP contribution in [0, 0.1) is 6.92 Å². The van der Waals surface area contributed by atoms with Crippen molar-refractivity contribution in [2.24, 2.45) is 0 Å². The van der Waals surface area contributed by atoms with Crippen molar-refractivity contribution in [3.63, 3.8) is 0 Å². The van der Waals surface area contributed by atoms with E-state index in [2.05, 4.69) is 5.32 Å². The number of anilines is 1. The number of hydrogen-bond donors (Lipinski definition) is 3.